The lowest BCUT2D eigenvalue weighted by Crippen LogP contribution is -2.32. The lowest BCUT2D eigenvalue weighted by molar-refractivity contribution is -0.120. The zero-order chi connectivity index (χ0) is 22.8. The number of rotatable bonds is 6. The van der Waals surface area contributed by atoms with Gasteiger partial charge in [-0.2, -0.15) is 0 Å². The number of carbonyl (C=O) groups excluding carboxylic acids is 2. The third-order valence-electron chi connectivity index (χ3n) is 5.25. The molecule has 0 spiro atoms. The molecule has 0 saturated heterocycles. The molecular formula is C25H20F2N2O3. The number of nitrogens with zero attached hydrogens (tertiary/aromatic N) is 1. The Morgan fingerprint density at radius 2 is 1.62 bits per heavy atom. The number of aryl methyl sites for hydroxylation is 1. The van der Waals surface area contributed by atoms with E-state index in [0.717, 1.165) is 29.0 Å². The monoisotopic (exact) mass is 434 g/mol. The lowest BCUT2D eigenvalue weighted by atomic mass is 10.0. The number of carbonyl (C=O) groups is 2. The number of para-hydroxylation sites is 1. The number of nitrogens with one attached hydrogen (secondary N) is 1. The van der Waals surface area contributed by atoms with Crippen LogP contribution >= 0.6 is 0 Å². The Bertz CT molecular complexity index is 1240. The van der Waals surface area contributed by atoms with Crippen LogP contribution < -0.4 is 15.0 Å². The first-order valence-corrected chi connectivity index (χ1v) is 10.0. The van der Waals surface area contributed by atoms with E-state index in [4.69, 9.17) is 4.74 Å². The van der Waals surface area contributed by atoms with Gasteiger partial charge in [0.1, 0.15) is 11.4 Å². The maximum Gasteiger partial charge on any atom is 0.282 e. The summed E-state index contributed by atoms with van der Waals surface area (Å²) in [4.78, 5) is 27.6. The first kappa shape index (κ1) is 21.2. The standard InChI is InChI=1S/C25H20F2N2O3/c1-3-15-8-10-16(11-9-15)28-23-22(18-6-4-5-7-21(18)32-2)24(30)29(25(23)31)17-12-13-19(26)20(27)14-17/h4-14,28H,3H2,1-2H3. The molecule has 0 aromatic heterocycles. The van der Waals surface area contributed by atoms with Crippen LogP contribution in [0.4, 0.5) is 20.2 Å². The van der Waals surface area contributed by atoms with Gasteiger partial charge in [0, 0.05) is 17.3 Å². The summed E-state index contributed by atoms with van der Waals surface area (Å²) in [5.41, 5.74) is 2.17. The number of anilines is 2. The second-order valence-electron chi connectivity index (χ2n) is 7.17. The van der Waals surface area contributed by atoms with Crippen molar-refractivity contribution in [1.29, 1.82) is 0 Å². The average Bonchev–Trinajstić information content (AvgIpc) is 3.05. The van der Waals surface area contributed by atoms with E-state index in [9.17, 15) is 18.4 Å². The maximum atomic E-state index is 13.9. The van der Waals surface area contributed by atoms with E-state index in [1.54, 1.807) is 24.3 Å². The van der Waals surface area contributed by atoms with Crippen molar-refractivity contribution < 1.29 is 23.1 Å². The highest BCUT2D eigenvalue weighted by Crippen LogP contribution is 2.37. The molecular weight excluding hydrogens is 414 g/mol. The van der Waals surface area contributed by atoms with Crippen LogP contribution in [0.3, 0.4) is 0 Å². The Kier molecular flexibility index (Phi) is 5.73. The minimum atomic E-state index is -1.15. The highest BCUT2D eigenvalue weighted by atomic mass is 19.2. The molecule has 32 heavy (non-hydrogen) atoms. The molecule has 7 heteroatoms. The van der Waals surface area contributed by atoms with E-state index < -0.39 is 23.4 Å². The zero-order valence-corrected chi connectivity index (χ0v) is 17.5. The summed E-state index contributed by atoms with van der Waals surface area (Å²) in [6.45, 7) is 2.03. The number of ether oxygens (including phenoxy) is 1. The lowest BCUT2D eigenvalue weighted by Gasteiger charge is -2.16. The van der Waals surface area contributed by atoms with Crippen molar-refractivity contribution in [3.63, 3.8) is 0 Å². The largest absolute Gasteiger partial charge is 0.496 e. The molecule has 0 radical (unpaired) electrons. The number of halogens is 2. The van der Waals surface area contributed by atoms with E-state index in [-0.39, 0.29) is 17.0 Å². The van der Waals surface area contributed by atoms with Crippen LogP contribution in [-0.2, 0) is 16.0 Å². The van der Waals surface area contributed by atoms with Gasteiger partial charge in [0.25, 0.3) is 11.8 Å². The molecule has 5 nitrogen and oxygen atoms in total. The van der Waals surface area contributed by atoms with Crippen LogP contribution in [0, 0.1) is 11.6 Å². The fourth-order valence-electron chi connectivity index (χ4n) is 3.57. The van der Waals surface area contributed by atoms with Crippen LogP contribution in [-0.4, -0.2) is 18.9 Å². The second kappa shape index (κ2) is 8.63. The van der Waals surface area contributed by atoms with Crippen molar-refractivity contribution in [2.45, 2.75) is 13.3 Å². The van der Waals surface area contributed by atoms with Gasteiger partial charge in [0.2, 0.25) is 0 Å². The summed E-state index contributed by atoms with van der Waals surface area (Å²) in [6, 6.07) is 17.1. The molecule has 1 aliphatic heterocycles. The van der Waals surface area contributed by atoms with Crippen LogP contribution in [0.2, 0.25) is 0 Å². The predicted molar refractivity (Wildman–Crippen MR) is 118 cm³/mol. The number of methoxy groups -OCH3 is 1. The molecule has 0 aliphatic carbocycles. The van der Waals surface area contributed by atoms with Crippen molar-refractivity contribution in [3.05, 3.63) is 95.2 Å². The van der Waals surface area contributed by atoms with E-state index >= 15 is 0 Å². The Balaban J connectivity index is 1.84. The summed E-state index contributed by atoms with van der Waals surface area (Å²) in [5.74, 6) is -3.17. The van der Waals surface area contributed by atoms with Crippen molar-refractivity contribution >= 4 is 28.8 Å². The molecule has 3 aromatic carbocycles. The SMILES string of the molecule is CCc1ccc(NC2=C(c3ccccc3OC)C(=O)N(c3ccc(F)c(F)c3)C2=O)cc1. The molecule has 1 heterocycles. The Labute approximate surface area is 183 Å². The van der Waals surface area contributed by atoms with Gasteiger partial charge in [0.15, 0.2) is 11.6 Å². The van der Waals surface area contributed by atoms with E-state index in [1.807, 2.05) is 31.2 Å². The van der Waals surface area contributed by atoms with Crippen molar-refractivity contribution in [2.75, 3.05) is 17.3 Å². The molecule has 3 aromatic rings. The van der Waals surface area contributed by atoms with Gasteiger partial charge in [-0.25, -0.2) is 13.7 Å². The van der Waals surface area contributed by atoms with Crippen molar-refractivity contribution in [2.24, 2.45) is 0 Å². The molecule has 2 amide bonds. The molecule has 162 valence electrons. The highest BCUT2D eigenvalue weighted by molar-refractivity contribution is 6.46. The average molecular weight is 434 g/mol. The molecule has 0 atom stereocenters. The van der Waals surface area contributed by atoms with Crippen LogP contribution in [0.1, 0.15) is 18.1 Å². The van der Waals surface area contributed by atoms with Gasteiger partial charge < -0.3 is 10.1 Å². The maximum absolute atomic E-state index is 13.9. The number of hydrogen-bond acceptors (Lipinski definition) is 4. The minimum Gasteiger partial charge on any atom is -0.496 e. The molecule has 0 bridgehead atoms. The normalized spacial score (nSPS) is 13.7. The molecule has 0 saturated carbocycles. The number of benzene rings is 3. The molecule has 0 fully saturated rings. The Morgan fingerprint density at radius 3 is 2.28 bits per heavy atom. The van der Waals surface area contributed by atoms with E-state index in [2.05, 4.69) is 5.32 Å². The van der Waals surface area contributed by atoms with Crippen molar-refractivity contribution in [1.82, 2.24) is 0 Å². The number of hydrogen-bond donors (Lipinski definition) is 1. The topological polar surface area (TPSA) is 58.6 Å². The van der Waals surface area contributed by atoms with Crippen LogP contribution in [0.15, 0.2) is 72.4 Å². The van der Waals surface area contributed by atoms with Gasteiger partial charge in [-0.05, 0) is 42.3 Å². The van der Waals surface area contributed by atoms with Crippen molar-refractivity contribution in [3.8, 4) is 5.75 Å². The van der Waals surface area contributed by atoms with Gasteiger partial charge >= 0.3 is 0 Å². The zero-order valence-electron chi connectivity index (χ0n) is 17.5. The molecule has 4 rings (SSSR count). The minimum absolute atomic E-state index is 0.0217. The van der Waals surface area contributed by atoms with Gasteiger partial charge in [-0.3, -0.25) is 9.59 Å². The smallest absolute Gasteiger partial charge is 0.282 e. The first-order valence-electron chi connectivity index (χ1n) is 10.0. The molecule has 1 N–H and O–H groups in total. The quantitative estimate of drug-likeness (QED) is 0.559. The van der Waals surface area contributed by atoms with Crippen LogP contribution in [0.25, 0.3) is 5.57 Å². The van der Waals surface area contributed by atoms with Gasteiger partial charge in [-0.1, -0.05) is 37.3 Å². The van der Waals surface area contributed by atoms with Gasteiger partial charge in [-0.15, -0.1) is 0 Å². The third-order valence-corrected chi connectivity index (χ3v) is 5.25. The summed E-state index contributed by atoms with van der Waals surface area (Å²) in [7, 11) is 1.46. The van der Waals surface area contributed by atoms with Crippen LogP contribution in [0.5, 0.6) is 5.75 Å². The number of amides is 2. The number of imide groups is 1. The summed E-state index contributed by atoms with van der Waals surface area (Å²) < 4.78 is 32.7. The predicted octanol–water partition coefficient (Wildman–Crippen LogP) is 4.93. The molecule has 1 aliphatic rings. The van der Waals surface area contributed by atoms with E-state index in [1.165, 1.54) is 13.2 Å². The first-order chi connectivity index (χ1) is 15.4. The summed E-state index contributed by atoms with van der Waals surface area (Å²) in [5, 5.41) is 3.04. The summed E-state index contributed by atoms with van der Waals surface area (Å²) >= 11 is 0. The Morgan fingerprint density at radius 1 is 0.906 bits per heavy atom. The fourth-order valence-corrected chi connectivity index (χ4v) is 3.57. The summed E-state index contributed by atoms with van der Waals surface area (Å²) in [6.07, 6.45) is 0.858. The fraction of sp³-hybridized carbons (Fsp3) is 0.120. The van der Waals surface area contributed by atoms with E-state index in [0.29, 0.717) is 17.0 Å². The van der Waals surface area contributed by atoms with Gasteiger partial charge in [0.05, 0.1) is 18.4 Å². The second-order valence-corrected chi connectivity index (χ2v) is 7.17. The third kappa shape index (κ3) is 3.73. The Hall–Kier alpha value is -4.00. The molecule has 0 unspecified atom stereocenters. The highest BCUT2D eigenvalue weighted by Gasteiger charge is 2.41.